The third-order valence-corrected chi connectivity index (χ3v) is 11.6. The Morgan fingerprint density at radius 2 is 1.04 bits per heavy atom. The molecule has 2 heteroatoms. The Kier molecular flexibility index (Phi) is 6.33. The number of hydrogen-bond acceptors (Lipinski definition) is 2. The van der Waals surface area contributed by atoms with Crippen LogP contribution in [0.1, 0.15) is 25.0 Å². The summed E-state index contributed by atoms with van der Waals surface area (Å²) in [7, 11) is 0. The lowest BCUT2D eigenvalue weighted by Crippen LogP contribution is -2.16. The van der Waals surface area contributed by atoms with Crippen molar-refractivity contribution >= 4 is 71.3 Å². The molecule has 53 heavy (non-hydrogen) atoms. The zero-order valence-corrected chi connectivity index (χ0v) is 29.6. The van der Waals surface area contributed by atoms with Crippen LogP contribution in [0.4, 0.5) is 17.1 Å². The van der Waals surface area contributed by atoms with Gasteiger partial charge in [-0.15, -0.1) is 0 Å². The Labute approximate surface area is 308 Å². The summed E-state index contributed by atoms with van der Waals surface area (Å²) < 4.78 is 6.47. The van der Waals surface area contributed by atoms with Crippen molar-refractivity contribution in [1.29, 1.82) is 0 Å². The molecule has 0 amide bonds. The molecule has 0 saturated heterocycles. The highest BCUT2D eigenvalue weighted by atomic mass is 16.3. The van der Waals surface area contributed by atoms with Crippen molar-refractivity contribution < 1.29 is 4.42 Å². The zero-order valence-electron chi connectivity index (χ0n) is 29.6. The normalized spacial score (nSPS) is 13.2. The minimum absolute atomic E-state index is 0.121. The number of hydrogen-bond donors (Lipinski definition) is 0. The molecule has 1 heterocycles. The van der Waals surface area contributed by atoms with Crippen molar-refractivity contribution in [2.45, 2.75) is 19.3 Å². The fourth-order valence-electron chi connectivity index (χ4n) is 9.09. The van der Waals surface area contributed by atoms with Gasteiger partial charge in [-0.25, -0.2) is 0 Å². The van der Waals surface area contributed by atoms with Gasteiger partial charge < -0.3 is 9.32 Å². The molecule has 2 nitrogen and oxygen atoms in total. The van der Waals surface area contributed by atoms with Crippen LogP contribution < -0.4 is 4.90 Å². The first kappa shape index (κ1) is 30.0. The number of fused-ring (bicyclic) bond motifs is 9. The fourth-order valence-corrected chi connectivity index (χ4v) is 9.09. The van der Waals surface area contributed by atoms with Crippen LogP contribution >= 0.6 is 0 Å². The van der Waals surface area contributed by atoms with E-state index in [-0.39, 0.29) is 5.41 Å². The maximum atomic E-state index is 6.47. The molecule has 0 aliphatic heterocycles. The summed E-state index contributed by atoms with van der Waals surface area (Å²) in [5.74, 6) is 0. The molecular weight excluding hydrogens is 643 g/mol. The highest BCUT2D eigenvalue weighted by Crippen LogP contribution is 2.54. The van der Waals surface area contributed by atoms with Crippen molar-refractivity contribution in [3.63, 3.8) is 0 Å². The van der Waals surface area contributed by atoms with Gasteiger partial charge in [0.05, 0.1) is 11.4 Å². The molecule has 11 rings (SSSR count). The van der Waals surface area contributed by atoms with E-state index in [1.54, 1.807) is 0 Å². The van der Waals surface area contributed by atoms with Gasteiger partial charge in [-0.1, -0.05) is 141 Å². The average molecular weight is 678 g/mol. The lowest BCUT2D eigenvalue weighted by Gasteiger charge is -2.31. The smallest absolute Gasteiger partial charge is 0.136 e. The minimum atomic E-state index is -0.121. The number of rotatable bonds is 4. The van der Waals surface area contributed by atoms with Crippen molar-refractivity contribution in [3.8, 4) is 22.3 Å². The van der Waals surface area contributed by atoms with Gasteiger partial charge in [0, 0.05) is 32.8 Å². The molecule has 1 aliphatic rings. The van der Waals surface area contributed by atoms with Crippen LogP contribution in [0.5, 0.6) is 0 Å². The van der Waals surface area contributed by atoms with E-state index in [9.17, 15) is 0 Å². The summed E-state index contributed by atoms with van der Waals surface area (Å²) in [6.07, 6.45) is 0. The third-order valence-electron chi connectivity index (χ3n) is 11.6. The fraction of sp³-hybridized carbons (Fsp3) is 0.0588. The Balaban J connectivity index is 1.25. The van der Waals surface area contributed by atoms with Crippen LogP contribution in [-0.2, 0) is 5.41 Å². The maximum Gasteiger partial charge on any atom is 0.136 e. The predicted molar refractivity (Wildman–Crippen MR) is 224 cm³/mol. The van der Waals surface area contributed by atoms with Crippen molar-refractivity contribution in [2.24, 2.45) is 0 Å². The Morgan fingerprint density at radius 1 is 0.415 bits per heavy atom. The minimum Gasteiger partial charge on any atom is -0.456 e. The van der Waals surface area contributed by atoms with E-state index in [0.29, 0.717) is 0 Å². The van der Waals surface area contributed by atoms with Crippen molar-refractivity contribution in [3.05, 3.63) is 187 Å². The van der Waals surface area contributed by atoms with Gasteiger partial charge in [-0.3, -0.25) is 0 Å². The highest BCUT2D eigenvalue weighted by Gasteiger charge is 2.36. The second-order valence-corrected chi connectivity index (χ2v) is 14.9. The van der Waals surface area contributed by atoms with E-state index in [1.165, 1.54) is 60.1 Å². The van der Waals surface area contributed by atoms with E-state index in [0.717, 1.165) is 44.6 Å². The van der Waals surface area contributed by atoms with Crippen LogP contribution in [0, 0.1) is 0 Å². The molecule has 0 unspecified atom stereocenters. The van der Waals surface area contributed by atoms with Gasteiger partial charge in [0.2, 0.25) is 0 Å². The molecule has 0 atom stereocenters. The van der Waals surface area contributed by atoms with E-state index < -0.39 is 0 Å². The van der Waals surface area contributed by atoms with Gasteiger partial charge in [-0.05, 0) is 103 Å². The SMILES string of the molecule is CC1(C)c2ccc(N(c3ccc4ccccc4c3-c3cccc4oc5ccccc5c34)c3cccc4ccccc34)cc2-c2cc3ccccc3cc21. The quantitative estimate of drug-likeness (QED) is 0.184. The van der Waals surface area contributed by atoms with Crippen LogP contribution in [0.25, 0.3) is 76.5 Å². The molecular formula is C51H35NO. The molecule has 1 aromatic heterocycles. The predicted octanol–water partition coefficient (Wildman–Crippen LogP) is 14.5. The Bertz CT molecular complexity index is 3100. The summed E-state index contributed by atoms with van der Waals surface area (Å²) in [5.41, 5.74) is 12.7. The molecule has 0 saturated carbocycles. The van der Waals surface area contributed by atoms with Crippen LogP contribution in [-0.4, -0.2) is 0 Å². The molecule has 0 fully saturated rings. The van der Waals surface area contributed by atoms with E-state index >= 15 is 0 Å². The first-order valence-corrected chi connectivity index (χ1v) is 18.4. The number of furan rings is 1. The van der Waals surface area contributed by atoms with Crippen molar-refractivity contribution in [1.82, 2.24) is 0 Å². The molecule has 0 bridgehead atoms. The molecule has 0 N–H and O–H groups in total. The lowest BCUT2D eigenvalue weighted by molar-refractivity contribution is 0.661. The monoisotopic (exact) mass is 677 g/mol. The second-order valence-electron chi connectivity index (χ2n) is 14.9. The van der Waals surface area contributed by atoms with E-state index in [1.807, 2.05) is 6.07 Å². The molecule has 1 aliphatic carbocycles. The molecule has 0 radical (unpaired) electrons. The first-order chi connectivity index (χ1) is 26.0. The Morgan fingerprint density at radius 3 is 1.87 bits per heavy atom. The summed E-state index contributed by atoms with van der Waals surface area (Å²) in [4.78, 5) is 2.50. The summed E-state index contributed by atoms with van der Waals surface area (Å²) >= 11 is 0. The van der Waals surface area contributed by atoms with Crippen LogP contribution in [0.3, 0.4) is 0 Å². The van der Waals surface area contributed by atoms with Gasteiger partial charge in [0.1, 0.15) is 11.2 Å². The van der Waals surface area contributed by atoms with Gasteiger partial charge in [0.15, 0.2) is 0 Å². The Hall–Kier alpha value is -6.64. The standard InChI is InChI=1S/C51H35NO/c1-51(2)43-27-26-36(31-42(43)41-29-34-15-3-4-16-35(34)30-44(41)51)52(45-22-11-17-32-13-5-7-18-37(32)45)46-28-25-33-14-6-8-19-38(33)49(46)40-21-12-24-48-50(40)39-20-9-10-23-47(39)53-48/h3-31H,1-2H3. The maximum absolute atomic E-state index is 6.47. The first-order valence-electron chi connectivity index (χ1n) is 18.4. The van der Waals surface area contributed by atoms with E-state index in [4.69, 9.17) is 4.42 Å². The largest absolute Gasteiger partial charge is 0.456 e. The average Bonchev–Trinajstić information content (AvgIpc) is 3.69. The van der Waals surface area contributed by atoms with Crippen LogP contribution in [0.15, 0.2) is 180 Å². The van der Waals surface area contributed by atoms with Crippen molar-refractivity contribution in [2.75, 3.05) is 4.90 Å². The van der Waals surface area contributed by atoms with Gasteiger partial charge >= 0.3 is 0 Å². The van der Waals surface area contributed by atoms with Gasteiger partial charge in [-0.2, -0.15) is 0 Å². The summed E-state index contributed by atoms with van der Waals surface area (Å²) in [5, 5.41) is 9.62. The molecule has 0 spiro atoms. The summed E-state index contributed by atoms with van der Waals surface area (Å²) in [6.45, 7) is 4.73. The molecule has 9 aromatic carbocycles. The number of nitrogens with zero attached hydrogens (tertiary/aromatic N) is 1. The molecule has 250 valence electrons. The third kappa shape index (κ3) is 4.39. The lowest BCUT2D eigenvalue weighted by atomic mass is 9.82. The van der Waals surface area contributed by atoms with Gasteiger partial charge in [0.25, 0.3) is 0 Å². The van der Waals surface area contributed by atoms with E-state index in [2.05, 4.69) is 189 Å². The number of anilines is 3. The second kappa shape index (κ2) is 11.2. The topological polar surface area (TPSA) is 16.4 Å². The molecule has 10 aromatic rings. The highest BCUT2D eigenvalue weighted by molar-refractivity contribution is 6.18. The zero-order chi connectivity index (χ0) is 35.3. The number of para-hydroxylation sites is 1. The summed E-state index contributed by atoms with van der Waals surface area (Å²) in [6, 6.07) is 64.4. The van der Waals surface area contributed by atoms with Crippen LogP contribution in [0.2, 0.25) is 0 Å². The number of benzene rings is 9.